The molecule has 0 aromatic heterocycles. The first-order valence-electron chi connectivity index (χ1n) is 8.65. The smallest absolute Gasteiger partial charge is 0.350 e. The van der Waals surface area contributed by atoms with Gasteiger partial charge in [0.05, 0.1) is 24.8 Å². The summed E-state index contributed by atoms with van der Waals surface area (Å²) in [6, 6.07) is 13.5. The Morgan fingerprint density at radius 2 is 1.96 bits per heavy atom. The van der Waals surface area contributed by atoms with Crippen LogP contribution in [0.1, 0.15) is 28.3 Å². The quantitative estimate of drug-likeness (QED) is 0.739. The summed E-state index contributed by atoms with van der Waals surface area (Å²) in [5, 5.41) is 4.61. The third kappa shape index (κ3) is 5.35. The zero-order valence-corrected chi connectivity index (χ0v) is 15.4. The number of hydrogen-bond donors (Lipinski definition) is 1. The van der Waals surface area contributed by atoms with Gasteiger partial charge < -0.3 is 14.8 Å². The molecule has 0 bridgehead atoms. The lowest BCUT2D eigenvalue weighted by atomic mass is 10.0. The Bertz CT molecular complexity index is 768. The number of alkyl halides is 3. The molecule has 0 aliphatic carbocycles. The molecule has 0 radical (unpaired) electrons. The Morgan fingerprint density at radius 3 is 2.67 bits per heavy atom. The molecule has 0 spiro atoms. The van der Waals surface area contributed by atoms with Crippen molar-refractivity contribution in [1.29, 1.82) is 0 Å². The second kappa shape index (κ2) is 8.93. The molecule has 27 heavy (non-hydrogen) atoms. The minimum absolute atomic E-state index is 0.113. The fraction of sp³-hybridized carbons (Fsp3) is 0.350. The fourth-order valence-electron chi connectivity index (χ4n) is 3.05. The van der Waals surface area contributed by atoms with E-state index in [4.69, 9.17) is 21.7 Å². The number of benzene rings is 2. The first-order valence-corrected chi connectivity index (χ1v) is 9.12. The summed E-state index contributed by atoms with van der Waals surface area (Å²) in [4.78, 5) is 0. The van der Waals surface area contributed by atoms with Crippen LogP contribution < -0.4 is 5.32 Å². The fourth-order valence-corrected chi connectivity index (χ4v) is 3.19. The average Bonchev–Trinajstić information content (AvgIpc) is 2.68. The van der Waals surface area contributed by atoms with E-state index in [2.05, 4.69) is 5.32 Å². The number of morpholine rings is 1. The van der Waals surface area contributed by atoms with Crippen molar-refractivity contribution in [3.63, 3.8) is 0 Å². The lowest BCUT2D eigenvalue weighted by molar-refractivity contribution is -0.176. The van der Waals surface area contributed by atoms with Crippen LogP contribution in [0.15, 0.2) is 48.5 Å². The van der Waals surface area contributed by atoms with E-state index in [1.807, 2.05) is 30.3 Å². The van der Waals surface area contributed by atoms with E-state index in [0.29, 0.717) is 30.7 Å². The Hall–Kier alpha value is -1.80. The summed E-state index contributed by atoms with van der Waals surface area (Å²) in [6.45, 7) is 1.48. The van der Waals surface area contributed by atoms with E-state index in [0.717, 1.165) is 17.7 Å². The van der Waals surface area contributed by atoms with Gasteiger partial charge in [-0.25, -0.2) is 0 Å². The molecular weight excluding hydrogens is 375 g/mol. The topological polar surface area (TPSA) is 30.5 Å². The monoisotopic (exact) mass is 395 g/mol. The molecule has 1 aliphatic heterocycles. The van der Waals surface area contributed by atoms with Crippen LogP contribution in [0.4, 0.5) is 13.2 Å². The second-order valence-corrected chi connectivity index (χ2v) is 6.52. The zero-order chi connectivity index (χ0) is 19.3. The lowest BCUT2D eigenvalue weighted by Crippen LogP contribution is -2.43. The van der Waals surface area contributed by atoms with Gasteiger partial charge in [0.25, 0.3) is 0 Å². The van der Waals surface area contributed by atoms with Crippen molar-refractivity contribution < 1.29 is 22.6 Å². The maximum absolute atomic E-state index is 13.0. The van der Waals surface area contributed by atoms with Crippen molar-refractivity contribution in [2.45, 2.75) is 24.9 Å². The number of ether oxygens (including phenoxy) is 2. The van der Waals surface area contributed by atoms with Crippen molar-refractivity contribution in [3.05, 3.63) is 70.8 Å². The lowest BCUT2D eigenvalue weighted by Gasteiger charge is -2.33. The van der Waals surface area contributed by atoms with Crippen molar-refractivity contribution in [1.82, 2.24) is 5.32 Å². The van der Waals surface area contributed by atoms with E-state index < -0.39 is 18.0 Å². The minimum atomic E-state index is -4.40. The number of hydrogen-bond acceptors (Lipinski definition) is 4. The van der Waals surface area contributed by atoms with Crippen LogP contribution in [-0.4, -0.2) is 31.4 Å². The van der Waals surface area contributed by atoms with Gasteiger partial charge in [0.1, 0.15) is 0 Å². The van der Waals surface area contributed by atoms with Crippen LogP contribution in [0.2, 0.25) is 0 Å². The molecule has 2 aromatic carbocycles. The normalized spacial score (nSPS) is 20.4. The zero-order valence-electron chi connectivity index (χ0n) is 14.5. The van der Waals surface area contributed by atoms with Gasteiger partial charge in [0.2, 0.25) is 0 Å². The molecule has 1 saturated heterocycles. The maximum Gasteiger partial charge on any atom is 0.416 e. The summed E-state index contributed by atoms with van der Waals surface area (Å²) in [7, 11) is 0. The predicted molar refractivity (Wildman–Crippen MR) is 101 cm³/mol. The van der Waals surface area contributed by atoms with Gasteiger partial charge in [-0.15, -0.1) is 0 Å². The first-order chi connectivity index (χ1) is 13.0. The third-order valence-corrected chi connectivity index (χ3v) is 4.60. The van der Waals surface area contributed by atoms with Crippen molar-refractivity contribution in [3.8, 4) is 0 Å². The van der Waals surface area contributed by atoms with Gasteiger partial charge in [-0.3, -0.25) is 0 Å². The van der Waals surface area contributed by atoms with Gasteiger partial charge in [-0.05, 0) is 35.2 Å². The molecule has 1 heterocycles. The van der Waals surface area contributed by atoms with Crippen LogP contribution >= 0.6 is 12.2 Å². The standard InChI is InChI=1S/C20H20F3NO2S/c21-20(22,23)17-11-14(10-15(12-17)13-27)6-8-25-19-18(24-7-9-26-19)16-4-2-1-3-5-16/h1-5,10-13,18-19,24H,6-9H2/t18-,19+/m0/s1. The van der Waals surface area contributed by atoms with Crippen LogP contribution in [-0.2, 0) is 22.1 Å². The van der Waals surface area contributed by atoms with Crippen LogP contribution in [0, 0.1) is 0 Å². The second-order valence-electron chi connectivity index (χ2n) is 6.28. The van der Waals surface area contributed by atoms with Gasteiger partial charge in [-0.2, -0.15) is 13.2 Å². The van der Waals surface area contributed by atoms with Crippen molar-refractivity contribution in [2.24, 2.45) is 0 Å². The summed E-state index contributed by atoms with van der Waals surface area (Å²) in [6.07, 6.45) is -4.56. The summed E-state index contributed by atoms with van der Waals surface area (Å²) < 4.78 is 50.7. The Kier molecular flexibility index (Phi) is 6.59. The van der Waals surface area contributed by atoms with E-state index in [1.54, 1.807) is 6.07 Å². The highest BCUT2D eigenvalue weighted by Gasteiger charge is 2.31. The Morgan fingerprint density at radius 1 is 1.19 bits per heavy atom. The highest BCUT2D eigenvalue weighted by atomic mass is 32.1. The summed E-state index contributed by atoms with van der Waals surface area (Å²) in [5.74, 6) is 0. The van der Waals surface area contributed by atoms with Gasteiger partial charge >= 0.3 is 6.18 Å². The molecule has 0 amide bonds. The highest BCUT2D eigenvalue weighted by Crippen LogP contribution is 2.31. The van der Waals surface area contributed by atoms with E-state index in [1.165, 1.54) is 5.37 Å². The van der Waals surface area contributed by atoms with Gasteiger partial charge in [-0.1, -0.05) is 48.6 Å². The number of nitrogens with one attached hydrogen (secondary N) is 1. The number of halogens is 3. The summed E-state index contributed by atoms with van der Waals surface area (Å²) >= 11 is 4.79. The maximum atomic E-state index is 13.0. The van der Waals surface area contributed by atoms with Gasteiger partial charge in [0.15, 0.2) is 6.29 Å². The largest absolute Gasteiger partial charge is 0.416 e. The predicted octanol–water partition coefficient (Wildman–Crippen LogP) is 4.30. The average molecular weight is 395 g/mol. The molecule has 0 saturated carbocycles. The third-order valence-electron chi connectivity index (χ3n) is 4.33. The van der Waals surface area contributed by atoms with Crippen LogP contribution in [0.5, 0.6) is 0 Å². The Labute approximate surface area is 161 Å². The summed E-state index contributed by atoms with van der Waals surface area (Å²) in [5.41, 5.74) is 1.24. The van der Waals surface area contributed by atoms with Crippen molar-refractivity contribution in [2.75, 3.05) is 19.8 Å². The molecule has 0 unspecified atom stereocenters. The van der Waals surface area contributed by atoms with Crippen LogP contribution in [0.25, 0.3) is 0 Å². The molecule has 2 atom stereocenters. The van der Waals surface area contributed by atoms with E-state index >= 15 is 0 Å². The molecule has 144 valence electrons. The molecule has 7 heteroatoms. The minimum Gasteiger partial charge on any atom is -0.350 e. The van der Waals surface area contributed by atoms with Gasteiger partial charge in [0, 0.05) is 11.9 Å². The first kappa shape index (κ1) is 19.9. The van der Waals surface area contributed by atoms with Crippen LogP contribution in [0.3, 0.4) is 0 Å². The molecular formula is C20H20F3NO2S. The SMILES string of the molecule is FC(F)(F)c1cc(C=S)cc(CCO[C@@H]2OCCN[C@H]2c2ccccc2)c1. The molecule has 2 aromatic rings. The number of rotatable bonds is 6. The molecule has 1 N–H and O–H groups in total. The Balaban J connectivity index is 1.65. The van der Waals surface area contributed by atoms with E-state index in [-0.39, 0.29) is 12.6 Å². The highest BCUT2D eigenvalue weighted by molar-refractivity contribution is 7.79. The molecule has 3 nitrogen and oxygen atoms in total. The molecule has 3 rings (SSSR count). The number of thiocarbonyl (C=S) groups is 1. The molecule has 1 aliphatic rings. The van der Waals surface area contributed by atoms with Crippen molar-refractivity contribution >= 4 is 17.6 Å². The van der Waals surface area contributed by atoms with E-state index in [9.17, 15) is 13.2 Å². The molecule has 1 fully saturated rings.